The summed E-state index contributed by atoms with van der Waals surface area (Å²) in [6, 6.07) is 13.7. The van der Waals surface area contributed by atoms with Crippen molar-refractivity contribution in [2.75, 3.05) is 12.9 Å². The Morgan fingerprint density at radius 2 is 1.83 bits per heavy atom. The molecule has 2 aromatic carbocycles. The number of methoxy groups -OCH3 is 1. The van der Waals surface area contributed by atoms with Gasteiger partial charge in [0, 0.05) is 5.75 Å². The van der Waals surface area contributed by atoms with Crippen LogP contribution in [0.15, 0.2) is 53.6 Å². The Bertz CT molecular complexity index is 700. The number of benzene rings is 2. The number of thioether (sulfide) groups is 1. The Kier molecular flexibility index (Phi) is 6.81. The first kappa shape index (κ1) is 18.0. The molecule has 2 rings (SSSR count). The fourth-order valence-corrected chi connectivity index (χ4v) is 2.70. The van der Waals surface area contributed by atoms with Gasteiger partial charge in [0.2, 0.25) is 5.91 Å². The molecule has 0 radical (unpaired) electrons. The molecule has 0 aliphatic carbocycles. The fourth-order valence-electron chi connectivity index (χ4n) is 1.92. The Labute approximate surface area is 145 Å². The predicted molar refractivity (Wildman–Crippen MR) is 95.9 cm³/mol. The average molecular weight is 346 g/mol. The van der Waals surface area contributed by atoms with Gasteiger partial charge in [0.25, 0.3) is 0 Å². The van der Waals surface area contributed by atoms with Gasteiger partial charge in [-0.25, -0.2) is 9.82 Å². The first-order valence-corrected chi connectivity index (χ1v) is 8.53. The second-order valence-corrected chi connectivity index (χ2v) is 6.07. The average Bonchev–Trinajstić information content (AvgIpc) is 2.61. The van der Waals surface area contributed by atoms with Crippen LogP contribution in [0.5, 0.6) is 5.75 Å². The minimum atomic E-state index is -0.300. The highest BCUT2D eigenvalue weighted by molar-refractivity contribution is 7.99. The Morgan fingerprint density at radius 1 is 1.17 bits per heavy atom. The number of carbonyl (C=O) groups is 1. The molecule has 0 fully saturated rings. The van der Waals surface area contributed by atoms with Gasteiger partial charge in [0.15, 0.2) is 0 Å². The molecule has 2 aromatic rings. The standard InChI is InChI=1S/C18H19FN2O2S/c1-13(15-5-7-16(19)8-6-15)20-21-18(22)12-24-11-14-3-9-17(23-2)10-4-14/h3-10H,11-12H2,1-2H3,(H,21,22)/b20-13-. The van der Waals surface area contributed by atoms with E-state index in [1.165, 1.54) is 23.9 Å². The summed E-state index contributed by atoms with van der Waals surface area (Å²) in [5, 5.41) is 4.04. The molecule has 0 atom stereocenters. The molecule has 0 aliphatic heterocycles. The lowest BCUT2D eigenvalue weighted by atomic mass is 10.1. The molecule has 0 unspecified atom stereocenters. The molecule has 0 aromatic heterocycles. The molecule has 0 aliphatic rings. The van der Waals surface area contributed by atoms with Crippen LogP contribution in [0.3, 0.4) is 0 Å². The zero-order chi connectivity index (χ0) is 17.4. The number of hydrogen-bond acceptors (Lipinski definition) is 4. The van der Waals surface area contributed by atoms with Crippen molar-refractivity contribution in [2.45, 2.75) is 12.7 Å². The lowest BCUT2D eigenvalue weighted by molar-refractivity contribution is -0.118. The molecular formula is C18H19FN2O2S. The molecule has 0 heterocycles. The summed E-state index contributed by atoms with van der Waals surface area (Å²) in [5.74, 6) is 1.39. The van der Waals surface area contributed by atoms with E-state index in [0.717, 1.165) is 22.6 Å². The van der Waals surface area contributed by atoms with E-state index in [9.17, 15) is 9.18 Å². The van der Waals surface area contributed by atoms with Gasteiger partial charge in [-0.2, -0.15) is 5.10 Å². The highest BCUT2D eigenvalue weighted by atomic mass is 32.2. The van der Waals surface area contributed by atoms with Crippen LogP contribution in [-0.4, -0.2) is 24.5 Å². The van der Waals surface area contributed by atoms with Gasteiger partial charge in [-0.3, -0.25) is 4.79 Å². The van der Waals surface area contributed by atoms with Crippen molar-refractivity contribution in [1.82, 2.24) is 5.43 Å². The molecule has 126 valence electrons. The van der Waals surface area contributed by atoms with Crippen LogP contribution in [0.2, 0.25) is 0 Å². The Balaban J connectivity index is 1.76. The maximum atomic E-state index is 12.9. The van der Waals surface area contributed by atoms with E-state index in [4.69, 9.17) is 4.74 Å². The monoisotopic (exact) mass is 346 g/mol. The molecular weight excluding hydrogens is 327 g/mol. The second kappa shape index (κ2) is 9.08. The van der Waals surface area contributed by atoms with Crippen molar-refractivity contribution >= 4 is 23.4 Å². The lowest BCUT2D eigenvalue weighted by Gasteiger charge is -2.04. The zero-order valence-electron chi connectivity index (χ0n) is 13.6. The van der Waals surface area contributed by atoms with Crippen LogP contribution in [0.1, 0.15) is 18.1 Å². The van der Waals surface area contributed by atoms with E-state index in [0.29, 0.717) is 11.5 Å². The second-order valence-electron chi connectivity index (χ2n) is 5.08. The van der Waals surface area contributed by atoms with Gasteiger partial charge < -0.3 is 4.74 Å². The molecule has 24 heavy (non-hydrogen) atoms. The normalized spacial score (nSPS) is 11.2. The number of carbonyl (C=O) groups excluding carboxylic acids is 1. The van der Waals surface area contributed by atoms with Gasteiger partial charge in [0.05, 0.1) is 18.6 Å². The number of amides is 1. The minimum absolute atomic E-state index is 0.171. The van der Waals surface area contributed by atoms with Crippen LogP contribution in [-0.2, 0) is 10.5 Å². The topological polar surface area (TPSA) is 50.7 Å². The van der Waals surface area contributed by atoms with E-state index in [1.54, 1.807) is 26.2 Å². The molecule has 4 nitrogen and oxygen atoms in total. The van der Waals surface area contributed by atoms with E-state index < -0.39 is 0 Å². The summed E-state index contributed by atoms with van der Waals surface area (Å²) in [4.78, 5) is 11.8. The fraction of sp³-hybridized carbons (Fsp3) is 0.222. The van der Waals surface area contributed by atoms with E-state index in [1.807, 2.05) is 24.3 Å². The molecule has 0 saturated heterocycles. The number of nitrogens with one attached hydrogen (secondary N) is 1. The quantitative estimate of drug-likeness (QED) is 0.615. The van der Waals surface area contributed by atoms with Crippen molar-refractivity contribution in [2.24, 2.45) is 5.10 Å². The summed E-state index contributed by atoms with van der Waals surface area (Å²) in [5.41, 5.74) is 5.03. The van der Waals surface area contributed by atoms with Crippen molar-refractivity contribution in [3.8, 4) is 5.75 Å². The summed E-state index contributed by atoms with van der Waals surface area (Å²) in [6.07, 6.45) is 0. The predicted octanol–water partition coefficient (Wildman–Crippen LogP) is 3.61. The van der Waals surface area contributed by atoms with Crippen LogP contribution >= 0.6 is 11.8 Å². The van der Waals surface area contributed by atoms with Crippen molar-refractivity contribution in [3.63, 3.8) is 0 Å². The smallest absolute Gasteiger partial charge is 0.250 e. The summed E-state index contributed by atoms with van der Waals surface area (Å²) in [7, 11) is 1.63. The molecule has 0 saturated carbocycles. The SMILES string of the molecule is COc1ccc(CSCC(=O)N/N=C(/C)c2ccc(F)cc2)cc1. The minimum Gasteiger partial charge on any atom is -0.497 e. The van der Waals surface area contributed by atoms with E-state index >= 15 is 0 Å². The third-order valence-corrected chi connectivity index (χ3v) is 4.28. The van der Waals surface area contributed by atoms with Crippen molar-refractivity contribution in [1.29, 1.82) is 0 Å². The first-order valence-electron chi connectivity index (χ1n) is 7.38. The van der Waals surface area contributed by atoms with Gasteiger partial charge in [-0.15, -0.1) is 11.8 Å². The number of ether oxygens (including phenoxy) is 1. The van der Waals surface area contributed by atoms with Crippen molar-refractivity contribution < 1.29 is 13.9 Å². The maximum Gasteiger partial charge on any atom is 0.250 e. The number of rotatable bonds is 7. The van der Waals surface area contributed by atoms with Crippen LogP contribution < -0.4 is 10.2 Å². The number of hydrazone groups is 1. The molecule has 6 heteroatoms. The Hall–Kier alpha value is -2.34. The third-order valence-electron chi connectivity index (χ3n) is 3.27. The van der Waals surface area contributed by atoms with Gasteiger partial charge in [0.1, 0.15) is 11.6 Å². The first-order chi connectivity index (χ1) is 11.6. The Morgan fingerprint density at radius 3 is 2.46 bits per heavy atom. The number of halogens is 1. The molecule has 1 amide bonds. The molecule has 1 N–H and O–H groups in total. The molecule has 0 spiro atoms. The number of nitrogens with zero attached hydrogens (tertiary/aromatic N) is 1. The largest absolute Gasteiger partial charge is 0.497 e. The molecule has 0 bridgehead atoms. The van der Waals surface area contributed by atoms with Crippen LogP contribution in [0.4, 0.5) is 4.39 Å². The summed E-state index contributed by atoms with van der Waals surface area (Å²) in [6.45, 7) is 1.76. The maximum absolute atomic E-state index is 12.9. The zero-order valence-corrected chi connectivity index (χ0v) is 14.4. The summed E-state index contributed by atoms with van der Waals surface area (Å²) < 4.78 is 18.0. The highest BCUT2D eigenvalue weighted by Gasteiger charge is 2.03. The van der Waals surface area contributed by atoms with Gasteiger partial charge in [-0.05, 0) is 42.3 Å². The van der Waals surface area contributed by atoms with E-state index in [2.05, 4.69) is 10.5 Å². The number of hydrogen-bond donors (Lipinski definition) is 1. The van der Waals surface area contributed by atoms with Crippen molar-refractivity contribution in [3.05, 3.63) is 65.5 Å². The van der Waals surface area contributed by atoms with Crippen LogP contribution in [0.25, 0.3) is 0 Å². The lowest BCUT2D eigenvalue weighted by Crippen LogP contribution is -2.21. The summed E-state index contributed by atoms with van der Waals surface area (Å²) >= 11 is 1.51. The highest BCUT2D eigenvalue weighted by Crippen LogP contribution is 2.16. The van der Waals surface area contributed by atoms with E-state index in [-0.39, 0.29) is 11.7 Å². The third kappa shape index (κ3) is 5.70. The van der Waals surface area contributed by atoms with Gasteiger partial charge >= 0.3 is 0 Å². The van der Waals surface area contributed by atoms with Crippen LogP contribution in [0, 0.1) is 5.82 Å². The van der Waals surface area contributed by atoms with Gasteiger partial charge in [-0.1, -0.05) is 24.3 Å².